The summed E-state index contributed by atoms with van der Waals surface area (Å²) in [5.41, 5.74) is 1.63. The Balaban J connectivity index is 2.21. The molecule has 3 nitrogen and oxygen atoms in total. The summed E-state index contributed by atoms with van der Waals surface area (Å²) in [6.45, 7) is 7.66. The Kier molecular flexibility index (Phi) is 3.57. The number of carbonyl (C=O) groups excluding carboxylic acids is 1. The van der Waals surface area contributed by atoms with E-state index in [1.807, 2.05) is 24.3 Å². The van der Waals surface area contributed by atoms with Crippen LogP contribution in [0.4, 0.5) is 0 Å². The van der Waals surface area contributed by atoms with Gasteiger partial charge in [-0.25, -0.2) is 0 Å². The molecular weight excluding hydrogens is 242 g/mol. The van der Waals surface area contributed by atoms with E-state index in [1.54, 1.807) is 10.9 Å². The third-order valence-corrected chi connectivity index (χ3v) is 4.62. The molecule has 0 saturated heterocycles. The number of aromatic nitrogens is 1. The van der Waals surface area contributed by atoms with Crippen molar-refractivity contribution in [2.45, 2.75) is 25.7 Å². The van der Waals surface area contributed by atoms with Gasteiger partial charge in [-0.15, -0.1) is 0 Å². The molecule has 1 heterocycles. The molecule has 0 saturated carbocycles. The highest BCUT2D eigenvalue weighted by atomic mass is 28.3. The predicted octanol–water partition coefficient (Wildman–Crippen LogP) is 3.22. The quantitative estimate of drug-likeness (QED) is 0.611. The summed E-state index contributed by atoms with van der Waals surface area (Å²) in [7, 11) is -1.09. The standard InChI is InChI=1S/C14H19NO2Si/c1-18(2,3)9-8-17-15-10-12(11-16)13-6-4-5-7-14(13)15/h4-7,10-11H,8-9H2,1-3H3. The molecule has 1 aromatic heterocycles. The zero-order valence-corrected chi connectivity index (χ0v) is 12.1. The molecule has 4 heteroatoms. The second-order valence-corrected chi connectivity index (χ2v) is 11.3. The molecule has 2 aromatic rings. The zero-order valence-electron chi connectivity index (χ0n) is 11.1. The number of hydrogen-bond acceptors (Lipinski definition) is 2. The second kappa shape index (κ2) is 4.98. The number of fused-ring (bicyclic) bond motifs is 1. The van der Waals surface area contributed by atoms with E-state index in [0.29, 0.717) is 12.2 Å². The van der Waals surface area contributed by atoms with Crippen LogP contribution in [0, 0.1) is 0 Å². The van der Waals surface area contributed by atoms with Crippen LogP contribution in [0.2, 0.25) is 25.7 Å². The lowest BCUT2D eigenvalue weighted by molar-refractivity contribution is 0.111. The van der Waals surface area contributed by atoms with Crippen molar-refractivity contribution in [2.24, 2.45) is 0 Å². The lowest BCUT2D eigenvalue weighted by Gasteiger charge is -2.16. The average molecular weight is 261 g/mol. The number of aldehydes is 1. The maximum atomic E-state index is 11.0. The number of nitrogens with zero attached hydrogens (tertiary/aromatic N) is 1. The Bertz CT molecular complexity index is 554. The highest BCUT2D eigenvalue weighted by molar-refractivity contribution is 6.76. The minimum absolute atomic E-state index is 0.679. The molecule has 0 aliphatic rings. The predicted molar refractivity (Wildman–Crippen MR) is 76.9 cm³/mol. The summed E-state index contributed by atoms with van der Waals surface area (Å²) in [6, 6.07) is 8.90. The van der Waals surface area contributed by atoms with Gasteiger partial charge in [-0.2, -0.15) is 4.73 Å². The van der Waals surface area contributed by atoms with Gasteiger partial charge in [-0.3, -0.25) is 4.79 Å². The van der Waals surface area contributed by atoms with E-state index in [4.69, 9.17) is 4.84 Å². The Morgan fingerprint density at radius 3 is 2.67 bits per heavy atom. The van der Waals surface area contributed by atoms with Gasteiger partial charge in [0.15, 0.2) is 6.29 Å². The van der Waals surface area contributed by atoms with Gasteiger partial charge < -0.3 is 4.84 Å². The second-order valence-electron chi connectivity index (χ2n) is 5.69. The van der Waals surface area contributed by atoms with Gasteiger partial charge in [0, 0.05) is 19.0 Å². The number of carbonyl (C=O) groups is 1. The van der Waals surface area contributed by atoms with Crippen LogP contribution in [0.1, 0.15) is 10.4 Å². The lowest BCUT2D eigenvalue weighted by atomic mass is 10.2. The summed E-state index contributed by atoms with van der Waals surface area (Å²) in [5, 5.41) is 0.945. The van der Waals surface area contributed by atoms with E-state index in [2.05, 4.69) is 19.6 Å². The van der Waals surface area contributed by atoms with Crippen LogP contribution in [0.5, 0.6) is 0 Å². The van der Waals surface area contributed by atoms with Gasteiger partial charge in [0.1, 0.15) is 6.61 Å². The van der Waals surface area contributed by atoms with Crippen LogP contribution in [-0.2, 0) is 0 Å². The third-order valence-electron chi connectivity index (χ3n) is 2.92. The Hall–Kier alpha value is -1.55. The smallest absolute Gasteiger partial charge is 0.152 e. The van der Waals surface area contributed by atoms with Gasteiger partial charge in [-0.1, -0.05) is 37.8 Å². The fourth-order valence-electron chi connectivity index (χ4n) is 1.83. The molecule has 1 aromatic carbocycles. The fourth-order valence-corrected chi connectivity index (χ4v) is 2.53. The first-order valence-electron chi connectivity index (χ1n) is 6.20. The molecule has 0 unspecified atom stereocenters. The molecule has 0 radical (unpaired) electrons. The highest BCUT2D eigenvalue weighted by Crippen LogP contribution is 2.19. The Morgan fingerprint density at radius 2 is 2.00 bits per heavy atom. The zero-order chi connectivity index (χ0) is 13.2. The number of hydrogen-bond donors (Lipinski definition) is 0. The van der Waals surface area contributed by atoms with E-state index >= 15 is 0 Å². The van der Waals surface area contributed by atoms with Crippen LogP contribution in [0.3, 0.4) is 0 Å². The number of para-hydroxylation sites is 1. The average Bonchev–Trinajstić information content (AvgIpc) is 2.66. The van der Waals surface area contributed by atoms with Crippen molar-refractivity contribution in [3.63, 3.8) is 0 Å². The summed E-state index contributed by atoms with van der Waals surface area (Å²) in [5.74, 6) is 0. The van der Waals surface area contributed by atoms with Gasteiger partial charge in [0.25, 0.3) is 0 Å². The molecule has 2 rings (SSSR count). The molecule has 0 spiro atoms. The minimum Gasteiger partial charge on any atom is -0.414 e. The molecular formula is C14H19NO2Si. The molecule has 0 aliphatic carbocycles. The topological polar surface area (TPSA) is 31.2 Å². The maximum Gasteiger partial charge on any atom is 0.152 e. The fraction of sp³-hybridized carbons (Fsp3) is 0.357. The third kappa shape index (κ3) is 2.82. The van der Waals surface area contributed by atoms with Crippen LogP contribution in [0.25, 0.3) is 10.9 Å². The summed E-state index contributed by atoms with van der Waals surface area (Å²) >= 11 is 0. The summed E-state index contributed by atoms with van der Waals surface area (Å²) < 4.78 is 1.72. The van der Waals surface area contributed by atoms with Crippen LogP contribution >= 0.6 is 0 Å². The van der Waals surface area contributed by atoms with Crippen LogP contribution in [0.15, 0.2) is 30.5 Å². The first-order valence-corrected chi connectivity index (χ1v) is 9.90. The molecule has 0 amide bonds. The van der Waals surface area contributed by atoms with Gasteiger partial charge in [0.05, 0.1) is 11.7 Å². The van der Waals surface area contributed by atoms with Crippen molar-refractivity contribution in [3.05, 3.63) is 36.0 Å². The maximum absolute atomic E-state index is 11.0. The van der Waals surface area contributed by atoms with Gasteiger partial charge in [-0.05, 0) is 12.1 Å². The largest absolute Gasteiger partial charge is 0.414 e. The molecule has 18 heavy (non-hydrogen) atoms. The molecule has 0 atom stereocenters. The first kappa shape index (κ1) is 12.9. The molecule has 0 fully saturated rings. The van der Waals surface area contributed by atoms with E-state index < -0.39 is 8.07 Å². The Labute approximate surface area is 108 Å². The molecule has 0 N–H and O–H groups in total. The van der Waals surface area contributed by atoms with Gasteiger partial charge >= 0.3 is 0 Å². The molecule has 0 bridgehead atoms. The van der Waals surface area contributed by atoms with Crippen molar-refractivity contribution in [1.29, 1.82) is 0 Å². The van der Waals surface area contributed by atoms with Crippen molar-refractivity contribution in [1.82, 2.24) is 4.73 Å². The van der Waals surface area contributed by atoms with Gasteiger partial charge in [0.2, 0.25) is 0 Å². The SMILES string of the molecule is C[Si](C)(C)CCOn1cc(C=O)c2ccccc21. The lowest BCUT2D eigenvalue weighted by Crippen LogP contribution is -2.25. The van der Waals surface area contributed by atoms with E-state index in [1.165, 1.54) is 0 Å². The van der Waals surface area contributed by atoms with Crippen molar-refractivity contribution < 1.29 is 9.63 Å². The van der Waals surface area contributed by atoms with E-state index in [0.717, 1.165) is 23.2 Å². The van der Waals surface area contributed by atoms with Crippen molar-refractivity contribution in [2.75, 3.05) is 6.61 Å². The number of rotatable bonds is 5. The van der Waals surface area contributed by atoms with Crippen molar-refractivity contribution >= 4 is 25.3 Å². The number of benzene rings is 1. The molecule has 0 aliphatic heterocycles. The van der Waals surface area contributed by atoms with E-state index in [-0.39, 0.29) is 0 Å². The minimum atomic E-state index is -1.09. The summed E-state index contributed by atoms with van der Waals surface area (Å²) in [6.07, 6.45) is 2.64. The first-order chi connectivity index (χ1) is 8.51. The van der Waals surface area contributed by atoms with Crippen molar-refractivity contribution in [3.8, 4) is 0 Å². The molecule has 96 valence electrons. The monoisotopic (exact) mass is 261 g/mol. The normalized spacial score (nSPS) is 11.7. The van der Waals surface area contributed by atoms with E-state index in [9.17, 15) is 4.79 Å². The highest BCUT2D eigenvalue weighted by Gasteiger charge is 2.13. The van der Waals surface area contributed by atoms with Crippen LogP contribution in [-0.4, -0.2) is 25.7 Å². The Morgan fingerprint density at radius 1 is 1.28 bits per heavy atom. The summed E-state index contributed by atoms with van der Waals surface area (Å²) in [4.78, 5) is 16.8. The van der Waals surface area contributed by atoms with Crippen LogP contribution < -0.4 is 4.84 Å².